The highest BCUT2D eigenvalue weighted by molar-refractivity contribution is 7.09. The molecule has 0 aromatic carbocycles. The van der Waals surface area contributed by atoms with E-state index >= 15 is 0 Å². The molecule has 1 heterocycles. The molecular formula is C11H20ClN3O2S. The molecule has 0 saturated carbocycles. The topological polar surface area (TPSA) is 68.5 Å². The third-order valence-corrected chi connectivity index (χ3v) is 3.43. The van der Waals surface area contributed by atoms with Gasteiger partial charge in [0.15, 0.2) is 0 Å². The molecule has 0 saturated heterocycles. The van der Waals surface area contributed by atoms with Crippen molar-refractivity contribution < 1.29 is 9.53 Å². The highest BCUT2D eigenvalue weighted by atomic mass is 35.5. The SMILES string of the molecule is COCC(C)N(C)C(=O)c1csc(CCN)n1.Cl. The van der Waals surface area contributed by atoms with Gasteiger partial charge in [0.05, 0.1) is 17.7 Å². The zero-order valence-corrected chi connectivity index (χ0v) is 12.5. The van der Waals surface area contributed by atoms with Crippen LogP contribution in [0, 0.1) is 0 Å². The van der Waals surface area contributed by atoms with Crippen LogP contribution in [0.5, 0.6) is 0 Å². The van der Waals surface area contributed by atoms with E-state index in [1.165, 1.54) is 11.3 Å². The Bertz CT molecular complexity index is 373. The number of likely N-dealkylation sites (N-methyl/N-ethyl adjacent to an activating group) is 1. The molecule has 1 aromatic heterocycles. The first-order valence-corrected chi connectivity index (χ1v) is 6.38. The quantitative estimate of drug-likeness (QED) is 0.855. The van der Waals surface area contributed by atoms with Gasteiger partial charge in [0.1, 0.15) is 5.69 Å². The van der Waals surface area contributed by atoms with Crippen molar-refractivity contribution in [2.24, 2.45) is 5.73 Å². The van der Waals surface area contributed by atoms with Gasteiger partial charge in [0.2, 0.25) is 0 Å². The normalized spacial score (nSPS) is 11.8. The largest absolute Gasteiger partial charge is 0.383 e. The van der Waals surface area contributed by atoms with Crippen LogP contribution >= 0.6 is 23.7 Å². The average molecular weight is 294 g/mol. The van der Waals surface area contributed by atoms with Gasteiger partial charge in [-0.25, -0.2) is 4.98 Å². The maximum absolute atomic E-state index is 12.1. The third kappa shape index (κ3) is 4.53. The number of nitrogens with two attached hydrogens (primary N) is 1. The smallest absolute Gasteiger partial charge is 0.273 e. The number of carbonyl (C=O) groups excluding carboxylic acids is 1. The standard InChI is InChI=1S/C11H19N3O2S.ClH/c1-8(6-16-3)14(2)11(15)9-7-17-10(13-9)4-5-12;/h7-8H,4-6,12H2,1-3H3;1H. The number of amides is 1. The molecule has 7 heteroatoms. The molecule has 0 spiro atoms. The minimum atomic E-state index is -0.0749. The number of hydrogen-bond acceptors (Lipinski definition) is 5. The second-order valence-corrected chi connectivity index (χ2v) is 4.83. The number of methoxy groups -OCH3 is 1. The molecule has 1 atom stereocenters. The molecule has 2 N–H and O–H groups in total. The minimum Gasteiger partial charge on any atom is -0.383 e. The van der Waals surface area contributed by atoms with Gasteiger partial charge in [-0.2, -0.15) is 0 Å². The maximum Gasteiger partial charge on any atom is 0.273 e. The number of thiazole rings is 1. The third-order valence-electron chi connectivity index (χ3n) is 2.52. The molecule has 104 valence electrons. The summed E-state index contributed by atoms with van der Waals surface area (Å²) in [6.45, 7) is 3.01. The highest BCUT2D eigenvalue weighted by Crippen LogP contribution is 2.12. The van der Waals surface area contributed by atoms with Crippen LogP contribution in [0.2, 0.25) is 0 Å². The lowest BCUT2D eigenvalue weighted by atomic mass is 10.3. The summed E-state index contributed by atoms with van der Waals surface area (Å²) in [5.74, 6) is -0.0749. The summed E-state index contributed by atoms with van der Waals surface area (Å²) in [4.78, 5) is 18.0. The molecule has 0 aliphatic heterocycles. The monoisotopic (exact) mass is 293 g/mol. The van der Waals surface area contributed by atoms with E-state index in [0.717, 1.165) is 11.4 Å². The Kier molecular flexibility index (Phi) is 8.10. The fourth-order valence-electron chi connectivity index (χ4n) is 1.38. The van der Waals surface area contributed by atoms with Crippen molar-refractivity contribution in [3.8, 4) is 0 Å². The van der Waals surface area contributed by atoms with E-state index in [1.807, 2.05) is 6.92 Å². The van der Waals surface area contributed by atoms with Crippen LogP contribution in [0.3, 0.4) is 0 Å². The van der Waals surface area contributed by atoms with E-state index in [4.69, 9.17) is 10.5 Å². The van der Waals surface area contributed by atoms with Crippen molar-refractivity contribution >= 4 is 29.7 Å². The molecule has 0 fully saturated rings. The van der Waals surface area contributed by atoms with Crippen LogP contribution in [0.25, 0.3) is 0 Å². The number of nitrogens with zero attached hydrogens (tertiary/aromatic N) is 2. The molecule has 1 amide bonds. The molecule has 1 unspecified atom stereocenters. The predicted octanol–water partition coefficient (Wildman–Crippen LogP) is 1.17. The Hall–Kier alpha value is -0.690. The van der Waals surface area contributed by atoms with Crippen molar-refractivity contribution in [2.45, 2.75) is 19.4 Å². The predicted molar refractivity (Wildman–Crippen MR) is 75.6 cm³/mol. The first-order chi connectivity index (χ1) is 8.10. The molecule has 1 aromatic rings. The van der Waals surface area contributed by atoms with Crippen molar-refractivity contribution in [1.29, 1.82) is 0 Å². The van der Waals surface area contributed by atoms with Gasteiger partial charge in [0, 0.05) is 26.0 Å². The Balaban J connectivity index is 0.00000289. The number of ether oxygens (including phenoxy) is 1. The molecule has 0 aliphatic rings. The zero-order chi connectivity index (χ0) is 12.8. The van der Waals surface area contributed by atoms with Gasteiger partial charge in [-0.1, -0.05) is 0 Å². The summed E-state index contributed by atoms with van der Waals surface area (Å²) in [5.41, 5.74) is 5.94. The fourth-order valence-corrected chi connectivity index (χ4v) is 2.17. The number of aromatic nitrogens is 1. The molecule has 5 nitrogen and oxygen atoms in total. The molecule has 18 heavy (non-hydrogen) atoms. The minimum absolute atomic E-state index is 0. The second-order valence-electron chi connectivity index (χ2n) is 3.89. The first kappa shape index (κ1) is 17.3. The van der Waals surface area contributed by atoms with E-state index in [9.17, 15) is 4.79 Å². The molecule has 1 rings (SSSR count). The Labute approximate surface area is 118 Å². The number of rotatable bonds is 6. The lowest BCUT2D eigenvalue weighted by molar-refractivity contribution is 0.0628. The Morgan fingerprint density at radius 2 is 2.33 bits per heavy atom. The van der Waals surface area contributed by atoms with Crippen molar-refractivity contribution in [1.82, 2.24) is 9.88 Å². The van der Waals surface area contributed by atoms with E-state index in [-0.39, 0.29) is 24.4 Å². The Morgan fingerprint density at radius 3 is 2.89 bits per heavy atom. The van der Waals surface area contributed by atoms with Crippen molar-refractivity contribution in [3.63, 3.8) is 0 Å². The van der Waals surface area contributed by atoms with Gasteiger partial charge in [-0.3, -0.25) is 4.79 Å². The van der Waals surface area contributed by atoms with Gasteiger partial charge >= 0.3 is 0 Å². The zero-order valence-electron chi connectivity index (χ0n) is 10.9. The summed E-state index contributed by atoms with van der Waals surface area (Å²) in [5, 5.41) is 2.69. The summed E-state index contributed by atoms with van der Waals surface area (Å²) in [6.07, 6.45) is 0.718. The second kappa shape index (κ2) is 8.42. The average Bonchev–Trinajstić information content (AvgIpc) is 2.76. The number of hydrogen-bond donors (Lipinski definition) is 1. The molecule has 0 aliphatic carbocycles. The van der Waals surface area contributed by atoms with Crippen molar-refractivity contribution in [2.75, 3.05) is 27.3 Å². The van der Waals surface area contributed by atoms with E-state index in [2.05, 4.69) is 4.98 Å². The van der Waals surface area contributed by atoms with Crippen LogP contribution in [0.1, 0.15) is 22.4 Å². The summed E-state index contributed by atoms with van der Waals surface area (Å²) in [6, 6.07) is 0.0344. The molecule has 0 radical (unpaired) electrons. The summed E-state index contributed by atoms with van der Waals surface area (Å²) >= 11 is 1.48. The highest BCUT2D eigenvalue weighted by Gasteiger charge is 2.19. The lowest BCUT2D eigenvalue weighted by Crippen LogP contribution is -2.38. The summed E-state index contributed by atoms with van der Waals surface area (Å²) in [7, 11) is 3.38. The van der Waals surface area contributed by atoms with Crippen LogP contribution in [0.15, 0.2) is 5.38 Å². The maximum atomic E-state index is 12.1. The van der Waals surface area contributed by atoms with Gasteiger partial charge in [-0.05, 0) is 13.5 Å². The van der Waals surface area contributed by atoms with E-state index in [0.29, 0.717) is 18.8 Å². The molecule has 0 bridgehead atoms. The van der Waals surface area contributed by atoms with E-state index in [1.54, 1.807) is 24.4 Å². The van der Waals surface area contributed by atoms with Crippen LogP contribution < -0.4 is 5.73 Å². The van der Waals surface area contributed by atoms with Crippen LogP contribution in [-0.2, 0) is 11.2 Å². The first-order valence-electron chi connectivity index (χ1n) is 5.50. The van der Waals surface area contributed by atoms with Gasteiger partial charge in [0.25, 0.3) is 5.91 Å². The fraction of sp³-hybridized carbons (Fsp3) is 0.636. The number of carbonyl (C=O) groups is 1. The molecular weight excluding hydrogens is 274 g/mol. The van der Waals surface area contributed by atoms with Gasteiger partial charge in [-0.15, -0.1) is 23.7 Å². The van der Waals surface area contributed by atoms with Crippen LogP contribution in [0.4, 0.5) is 0 Å². The van der Waals surface area contributed by atoms with Gasteiger partial charge < -0.3 is 15.4 Å². The summed E-state index contributed by atoms with van der Waals surface area (Å²) < 4.78 is 5.03. The lowest BCUT2D eigenvalue weighted by Gasteiger charge is -2.23. The number of halogens is 1. The van der Waals surface area contributed by atoms with E-state index < -0.39 is 0 Å². The van der Waals surface area contributed by atoms with Crippen LogP contribution in [-0.4, -0.2) is 49.1 Å². The van der Waals surface area contributed by atoms with Crippen molar-refractivity contribution in [3.05, 3.63) is 16.1 Å². The Morgan fingerprint density at radius 1 is 1.67 bits per heavy atom.